The molecule has 0 spiro atoms. The van der Waals surface area contributed by atoms with Gasteiger partial charge in [0, 0.05) is 13.1 Å². The van der Waals surface area contributed by atoms with Crippen LogP contribution >= 0.6 is 11.8 Å². The van der Waals surface area contributed by atoms with Crippen molar-refractivity contribution in [1.29, 1.82) is 0 Å². The topological polar surface area (TPSA) is 89.9 Å². The van der Waals surface area contributed by atoms with E-state index >= 15 is 0 Å². The number of amides is 2. The number of rotatable bonds is 5. The second kappa shape index (κ2) is 7.00. The van der Waals surface area contributed by atoms with Crippen molar-refractivity contribution in [2.45, 2.75) is 37.8 Å². The van der Waals surface area contributed by atoms with Crippen molar-refractivity contribution >= 4 is 23.8 Å². The highest BCUT2D eigenvalue weighted by atomic mass is 32.2. The van der Waals surface area contributed by atoms with Crippen molar-refractivity contribution in [3.05, 3.63) is 0 Å². The number of nitrogens with one attached hydrogen (secondary N) is 1. The number of nitrogens with zero attached hydrogens (tertiary/aromatic N) is 1. The van der Waals surface area contributed by atoms with E-state index in [-0.39, 0.29) is 6.03 Å². The highest BCUT2D eigenvalue weighted by Crippen LogP contribution is 2.21. The van der Waals surface area contributed by atoms with Crippen LogP contribution in [-0.2, 0) is 4.79 Å². The number of hydrogen-bond donors (Lipinski definition) is 3. The van der Waals surface area contributed by atoms with E-state index in [2.05, 4.69) is 5.32 Å². The van der Waals surface area contributed by atoms with E-state index in [1.54, 1.807) is 23.6 Å². The summed E-state index contributed by atoms with van der Waals surface area (Å²) in [7, 11) is 0. The van der Waals surface area contributed by atoms with E-state index in [0.29, 0.717) is 38.1 Å². The first-order chi connectivity index (χ1) is 8.85. The Hall–Kier alpha value is -0.950. The minimum atomic E-state index is -1.01. The molecule has 7 heteroatoms. The molecule has 0 bridgehead atoms. The monoisotopic (exact) mass is 290 g/mol. The molecular formula is C12H22N2O4S. The number of aliphatic hydroxyl groups is 1. The van der Waals surface area contributed by atoms with Gasteiger partial charge in [-0.1, -0.05) is 0 Å². The summed E-state index contributed by atoms with van der Waals surface area (Å²) in [5.74, 6) is -0.321. The van der Waals surface area contributed by atoms with Crippen molar-refractivity contribution in [3.63, 3.8) is 0 Å². The van der Waals surface area contributed by atoms with Crippen LogP contribution in [0.2, 0.25) is 0 Å². The van der Waals surface area contributed by atoms with Gasteiger partial charge in [0.15, 0.2) is 0 Å². The number of aliphatic carboxylic acids is 1. The summed E-state index contributed by atoms with van der Waals surface area (Å²) in [5.41, 5.74) is -0.720. The van der Waals surface area contributed by atoms with Crippen LogP contribution in [0.4, 0.5) is 4.79 Å². The van der Waals surface area contributed by atoms with Gasteiger partial charge >= 0.3 is 12.0 Å². The fourth-order valence-corrected chi connectivity index (χ4v) is 2.40. The summed E-state index contributed by atoms with van der Waals surface area (Å²) < 4.78 is 0. The molecule has 1 rings (SSSR count). The van der Waals surface area contributed by atoms with Crippen LogP contribution in [0.5, 0.6) is 0 Å². The van der Waals surface area contributed by atoms with Gasteiger partial charge in [-0.3, -0.25) is 0 Å². The summed E-state index contributed by atoms with van der Waals surface area (Å²) >= 11 is 1.55. The van der Waals surface area contributed by atoms with Crippen LogP contribution in [0.1, 0.15) is 26.2 Å². The van der Waals surface area contributed by atoms with Crippen LogP contribution in [0.15, 0.2) is 0 Å². The summed E-state index contributed by atoms with van der Waals surface area (Å²) in [6, 6.07) is -1.20. The smallest absolute Gasteiger partial charge is 0.326 e. The standard InChI is InChI=1S/C12H22N2O4S/c1-12(18)4-6-14(7-5-12)11(17)13-9(10(15)16)3-8-19-2/h9,18H,3-8H2,1-2H3,(H,13,17)(H,15,16). The zero-order valence-corrected chi connectivity index (χ0v) is 12.2. The predicted molar refractivity (Wildman–Crippen MR) is 74.4 cm³/mol. The van der Waals surface area contributed by atoms with Gasteiger partial charge in [0.1, 0.15) is 6.04 Å². The van der Waals surface area contributed by atoms with Crippen molar-refractivity contribution in [3.8, 4) is 0 Å². The van der Waals surface area contributed by atoms with Crippen molar-refractivity contribution in [2.75, 3.05) is 25.1 Å². The summed E-state index contributed by atoms with van der Waals surface area (Å²) in [4.78, 5) is 24.6. The van der Waals surface area contributed by atoms with E-state index in [9.17, 15) is 14.7 Å². The lowest BCUT2D eigenvalue weighted by Crippen LogP contribution is -2.52. The molecule has 110 valence electrons. The quantitative estimate of drug-likeness (QED) is 0.695. The molecule has 0 aromatic rings. The number of thioether (sulfide) groups is 1. The fraction of sp³-hybridized carbons (Fsp3) is 0.833. The van der Waals surface area contributed by atoms with Gasteiger partial charge in [0.2, 0.25) is 0 Å². The molecule has 1 saturated heterocycles. The molecular weight excluding hydrogens is 268 g/mol. The fourth-order valence-electron chi connectivity index (χ4n) is 1.92. The summed E-state index contributed by atoms with van der Waals surface area (Å²) in [6.45, 7) is 2.65. The van der Waals surface area contributed by atoms with E-state index in [1.807, 2.05) is 6.26 Å². The Morgan fingerprint density at radius 3 is 2.47 bits per heavy atom. The first kappa shape index (κ1) is 16.1. The molecule has 1 heterocycles. The second-order valence-electron chi connectivity index (χ2n) is 5.11. The van der Waals surface area contributed by atoms with E-state index < -0.39 is 17.6 Å². The van der Waals surface area contributed by atoms with Crippen molar-refractivity contribution < 1.29 is 19.8 Å². The third kappa shape index (κ3) is 5.28. The Morgan fingerprint density at radius 1 is 1.42 bits per heavy atom. The van der Waals surface area contributed by atoms with Gasteiger partial charge in [-0.2, -0.15) is 11.8 Å². The van der Waals surface area contributed by atoms with Crippen molar-refractivity contribution in [2.24, 2.45) is 0 Å². The normalized spacial score (nSPS) is 19.8. The zero-order chi connectivity index (χ0) is 14.5. The maximum atomic E-state index is 12.0. The molecule has 0 saturated carbocycles. The predicted octanol–water partition coefficient (Wildman–Crippen LogP) is 0.749. The molecule has 0 aromatic heterocycles. The molecule has 1 atom stereocenters. The highest BCUT2D eigenvalue weighted by Gasteiger charge is 2.31. The molecule has 1 aliphatic rings. The van der Waals surface area contributed by atoms with Gasteiger partial charge < -0.3 is 20.4 Å². The van der Waals surface area contributed by atoms with Crippen LogP contribution in [0, 0.1) is 0 Å². The SMILES string of the molecule is CSCCC(NC(=O)N1CCC(C)(O)CC1)C(=O)O. The zero-order valence-electron chi connectivity index (χ0n) is 11.4. The van der Waals surface area contributed by atoms with Crippen LogP contribution in [0.3, 0.4) is 0 Å². The van der Waals surface area contributed by atoms with Crippen LogP contribution < -0.4 is 5.32 Å². The summed E-state index contributed by atoms with van der Waals surface area (Å²) in [5, 5.41) is 21.4. The highest BCUT2D eigenvalue weighted by molar-refractivity contribution is 7.98. The van der Waals surface area contributed by atoms with Gasteiger partial charge in [-0.25, -0.2) is 9.59 Å². The van der Waals surface area contributed by atoms with Gasteiger partial charge in [-0.05, 0) is 38.2 Å². The van der Waals surface area contributed by atoms with E-state index in [4.69, 9.17) is 5.11 Å². The molecule has 1 aliphatic heterocycles. The molecule has 1 fully saturated rings. The minimum absolute atomic E-state index is 0.357. The second-order valence-corrected chi connectivity index (χ2v) is 6.09. The van der Waals surface area contributed by atoms with Gasteiger partial charge in [-0.15, -0.1) is 0 Å². The molecule has 0 aliphatic carbocycles. The number of piperidine rings is 1. The largest absolute Gasteiger partial charge is 0.480 e. The number of carbonyl (C=O) groups is 2. The third-order valence-corrected chi connectivity index (χ3v) is 3.98. The lowest BCUT2D eigenvalue weighted by Gasteiger charge is -2.36. The Balaban J connectivity index is 2.46. The lowest BCUT2D eigenvalue weighted by molar-refractivity contribution is -0.139. The van der Waals surface area contributed by atoms with Crippen LogP contribution in [0.25, 0.3) is 0 Å². The molecule has 0 radical (unpaired) electrons. The average Bonchev–Trinajstić information content (AvgIpc) is 2.33. The minimum Gasteiger partial charge on any atom is -0.480 e. The Kier molecular flexibility index (Phi) is 5.93. The average molecular weight is 290 g/mol. The molecule has 1 unspecified atom stereocenters. The number of likely N-dealkylation sites (tertiary alicyclic amines) is 1. The number of hydrogen-bond acceptors (Lipinski definition) is 4. The van der Waals surface area contributed by atoms with Gasteiger partial charge in [0.05, 0.1) is 5.60 Å². The molecule has 3 N–H and O–H groups in total. The van der Waals surface area contributed by atoms with Gasteiger partial charge in [0.25, 0.3) is 0 Å². The number of carboxylic acid groups (broad SMARTS) is 1. The van der Waals surface area contributed by atoms with E-state index in [1.165, 1.54) is 0 Å². The number of carbonyl (C=O) groups excluding carboxylic acids is 1. The Morgan fingerprint density at radius 2 is 2.00 bits per heavy atom. The molecule has 0 aromatic carbocycles. The lowest BCUT2D eigenvalue weighted by atomic mass is 9.94. The molecule has 2 amide bonds. The summed E-state index contributed by atoms with van der Waals surface area (Å²) in [6.07, 6.45) is 3.34. The van der Waals surface area contributed by atoms with E-state index in [0.717, 1.165) is 0 Å². The first-order valence-corrected chi connectivity index (χ1v) is 7.74. The Labute approximate surface area is 117 Å². The molecule has 19 heavy (non-hydrogen) atoms. The maximum Gasteiger partial charge on any atom is 0.326 e. The van der Waals surface area contributed by atoms with Crippen LogP contribution in [-0.4, -0.2) is 63.9 Å². The number of urea groups is 1. The Bertz CT molecular complexity index is 326. The number of carboxylic acids is 1. The van der Waals surface area contributed by atoms with Crippen molar-refractivity contribution in [1.82, 2.24) is 10.2 Å². The maximum absolute atomic E-state index is 12.0. The third-order valence-electron chi connectivity index (χ3n) is 3.33. The molecule has 6 nitrogen and oxygen atoms in total. The first-order valence-electron chi connectivity index (χ1n) is 6.35.